The molecule has 1 atom stereocenters. The highest BCUT2D eigenvalue weighted by Crippen LogP contribution is 2.19. The SMILES string of the molecule is CCNC(=O)[C@H](C)N(Cc1ccccc1Cl)C(=O)COc1ccc(C)cc1. The smallest absolute Gasteiger partial charge is 0.261 e. The zero-order chi connectivity index (χ0) is 19.8. The largest absolute Gasteiger partial charge is 0.484 e. The molecule has 2 amide bonds. The highest BCUT2D eigenvalue weighted by Gasteiger charge is 2.26. The quantitative estimate of drug-likeness (QED) is 0.751. The third-order valence-electron chi connectivity index (χ3n) is 4.20. The average molecular weight is 389 g/mol. The van der Waals surface area contributed by atoms with Crippen molar-refractivity contribution in [1.29, 1.82) is 0 Å². The summed E-state index contributed by atoms with van der Waals surface area (Å²) in [4.78, 5) is 26.6. The van der Waals surface area contributed by atoms with E-state index >= 15 is 0 Å². The number of likely N-dealkylation sites (N-methyl/N-ethyl adjacent to an activating group) is 1. The summed E-state index contributed by atoms with van der Waals surface area (Å²) in [5, 5.41) is 3.31. The molecule has 27 heavy (non-hydrogen) atoms. The first-order chi connectivity index (χ1) is 12.9. The molecule has 1 N–H and O–H groups in total. The Morgan fingerprint density at radius 2 is 1.81 bits per heavy atom. The third-order valence-corrected chi connectivity index (χ3v) is 4.57. The highest BCUT2D eigenvalue weighted by atomic mass is 35.5. The molecule has 0 saturated carbocycles. The molecule has 2 aromatic carbocycles. The van der Waals surface area contributed by atoms with Gasteiger partial charge in [0.05, 0.1) is 0 Å². The molecule has 144 valence electrons. The van der Waals surface area contributed by atoms with E-state index in [0.717, 1.165) is 11.1 Å². The summed E-state index contributed by atoms with van der Waals surface area (Å²) in [6.07, 6.45) is 0. The van der Waals surface area contributed by atoms with Crippen LogP contribution in [0, 0.1) is 6.92 Å². The fraction of sp³-hybridized carbons (Fsp3) is 0.333. The molecule has 0 unspecified atom stereocenters. The van der Waals surface area contributed by atoms with Crippen molar-refractivity contribution in [2.75, 3.05) is 13.2 Å². The second-order valence-corrected chi connectivity index (χ2v) is 6.69. The first kappa shape index (κ1) is 20.8. The van der Waals surface area contributed by atoms with E-state index < -0.39 is 6.04 Å². The summed E-state index contributed by atoms with van der Waals surface area (Å²) >= 11 is 6.24. The molecule has 2 aromatic rings. The Balaban J connectivity index is 2.14. The Kier molecular flexibility index (Phi) is 7.67. The summed E-state index contributed by atoms with van der Waals surface area (Å²) in [6.45, 7) is 6.09. The Morgan fingerprint density at radius 1 is 1.15 bits per heavy atom. The standard InChI is InChI=1S/C21H25ClN2O3/c1-4-23-21(26)16(3)24(13-17-7-5-6-8-19(17)22)20(25)14-27-18-11-9-15(2)10-12-18/h5-12,16H,4,13-14H2,1-3H3,(H,23,26)/t16-/m0/s1. The van der Waals surface area contributed by atoms with Crippen LogP contribution in [0.5, 0.6) is 5.75 Å². The van der Waals surface area contributed by atoms with Crippen LogP contribution in [0.2, 0.25) is 5.02 Å². The van der Waals surface area contributed by atoms with Crippen LogP contribution < -0.4 is 10.1 Å². The van der Waals surface area contributed by atoms with Gasteiger partial charge in [0.2, 0.25) is 5.91 Å². The van der Waals surface area contributed by atoms with E-state index in [2.05, 4.69) is 5.32 Å². The normalized spacial score (nSPS) is 11.6. The van der Waals surface area contributed by atoms with Crippen LogP contribution in [0.4, 0.5) is 0 Å². The van der Waals surface area contributed by atoms with Gasteiger partial charge in [-0.2, -0.15) is 0 Å². The van der Waals surface area contributed by atoms with Gasteiger partial charge in [0.15, 0.2) is 6.61 Å². The van der Waals surface area contributed by atoms with Gasteiger partial charge in [0, 0.05) is 18.1 Å². The number of carbonyl (C=O) groups is 2. The number of ether oxygens (including phenoxy) is 1. The van der Waals surface area contributed by atoms with Crippen LogP contribution in [-0.2, 0) is 16.1 Å². The first-order valence-electron chi connectivity index (χ1n) is 8.92. The van der Waals surface area contributed by atoms with Gasteiger partial charge in [-0.1, -0.05) is 47.5 Å². The van der Waals surface area contributed by atoms with Crippen molar-refractivity contribution in [2.24, 2.45) is 0 Å². The minimum absolute atomic E-state index is 0.155. The fourth-order valence-corrected chi connectivity index (χ4v) is 2.77. The van der Waals surface area contributed by atoms with Gasteiger partial charge < -0.3 is 15.0 Å². The van der Waals surface area contributed by atoms with E-state index in [4.69, 9.17) is 16.3 Å². The molecule has 0 aliphatic carbocycles. The average Bonchev–Trinajstić information content (AvgIpc) is 2.66. The lowest BCUT2D eigenvalue weighted by Crippen LogP contribution is -2.49. The van der Waals surface area contributed by atoms with Gasteiger partial charge in [0.1, 0.15) is 11.8 Å². The molecule has 6 heteroatoms. The number of hydrogen-bond donors (Lipinski definition) is 1. The molecular weight excluding hydrogens is 364 g/mol. The first-order valence-corrected chi connectivity index (χ1v) is 9.30. The lowest BCUT2D eigenvalue weighted by Gasteiger charge is -2.29. The van der Waals surface area contributed by atoms with Crippen LogP contribution in [0.25, 0.3) is 0 Å². The molecule has 0 spiro atoms. The van der Waals surface area contributed by atoms with E-state index in [9.17, 15) is 9.59 Å². The van der Waals surface area contributed by atoms with E-state index in [0.29, 0.717) is 17.3 Å². The summed E-state index contributed by atoms with van der Waals surface area (Å²) < 4.78 is 5.61. The molecule has 0 aliphatic heterocycles. The van der Waals surface area contributed by atoms with Gasteiger partial charge >= 0.3 is 0 Å². The number of rotatable bonds is 8. The molecule has 0 radical (unpaired) electrons. The van der Waals surface area contributed by atoms with Crippen LogP contribution in [0.15, 0.2) is 48.5 Å². The van der Waals surface area contributed by atoms with E-state index in [1.54, 1.807) is 13.0 Å². The zero-order valence-electron chi connectivity index (χ0n) is 15.9. The fourth-order valence-electron chi connectivity index (χ4n) is 2.58. The predicted molar refractivity (Wildman–Crippen MR) is 107 cm³/mol. The number of amides is 2. The topological polar surface area (TPSA) is 58.6 Å². The summed E-state index contributed by atoms with van der Waals surface area (Å²) in [6, 6.07) is 14.1. The Labute approximate surface area is 165 Å². The summed E-state index contributed by atoms with van der Waals surface area (Å²) in [7, 11) is 0. The predicted octanol–water partition coefficient (Wildman–Crippen LogP) is 3.58. The van der Waals surface area contributed by atoms with Crippen molar-refractivity contribution in [3.63, 3.8) is 0 Å². The number of hydrogen-bond acceptors (Lipinski definition) is 3. The van der Waals surface area contributed by atoms with Crippen molar-refractivity contribution in [3.8, 4) is 5.75 Å². The number of nitrogens with one attached hydrogen (secondary N) is 1. The minimum Gasteiger partial charge on any atom is -0.484 e. The maximum Gasteiger partial charge on any atom is 0.261 e. The Hall–Kier alpha value is -2.53. The molecule has 5 nitrogen and oxygen atoms in total. The van der Waals surface area contributed by atoms with Crippen LogP contribution in [0.3, 0.4) is 0 Å². The molecule has 0 saturated heterocycles. The van der Waals surface area contributed by atoms with Gasteiger partial charge in [0.25, 0.3) is 5.91 Å². The number of aryl methyl sites for hydroxylation is 1. The zero-order valence-corrected chi connectivity index (χ0v) is 16.6. The second kappa shape index (κ2) is 9.97. The van der Waals surface area contributed by atoms with Crippen molar-refractivity contribution >= 4 is 23.4 Å². The van der Waals surface area contributed by atoms with Gasteiger partial charge in [-0.25, -0.2) is 0 Å². The number of nitrogens with zero attached hydrogens (tertiary/aromatic N) is 1. The lowest BCUT2D eigenvalue weighted by atomic mass is 10.1. The van der Waals surface area contributed by atoms with Gasteiger partial charge in [-0.05, 0) is 44.5 Å². The maximum atomic E-state index is 12.8. The summed E-state index contributed by atoms with van der Waals surface area (Å²) in [5.41, 5.74) is 1.89. The molecule has 0 bridgehead atoms. The molecule has 2 rings (SSSR count). The van der Waals surface area contributed by atoms with E-state index in [-0.39, 0.29) is 25.0 Å². The monoisotopic (exact) mass is 388 g/mol. The summed E-state index contributed by atoms with van der Waals surface area (Å²) in [5.74, 6) is 0.111. The molecule has 0 aromatic heterocycles. The second-order valence-electron chi connectivity index (χ2n) is 6.29. The van der Waals surface area contributed by atoms with Gasteiger partial charge in [-0.15, -0.1) is 0 Å². The molecule has 0 heterocycles. The van der Waals surface area contributed by atoms with Crippen molar-refractivity contribution in [2.45, 2.75) is 33.4 Å². The van der Waals surface area contributed by atoms with Crippen molar-refractivity contribution < 1.29 is 14.3 Å². The number of halogens is 1. The van der Waals surface area contributed by atoms with Crippen LogP contribution in [-0.4, -0.2) is 35.9 Å². The number of carbonyl (C=O) groups excluding carboxylic acids is 2. The molecular formula is C21H25ClN2O3. The highest BCUT2D eigenvalue weighted by molar-refractivity contribution is 6.31. The van der Waals surface area contributed by atoms with Crippen LogP contribution in [0.1, 0.15) is 25.0 Å². The Bertz CT molecular complexity index is 777. The number of benzene rings is 2. The Morgan fingerprint density at radius 3 is 2.44 bits per heavy atom. The van der Waals surface area contributed by atoms with E-state index in [1.807, 2.05) is 56.3 Å². The minimum atomic E-state index is -0.643. The third kappa shape index (κ3) is 6.00. The van der Waals surface area contributed by atoms with E-state index in [1.165, 1.54) is 4.90 Å². The lowest BCUT2D eigenvalue weighted by molar-refractivity contribution is -0.142. The van der Waals surface area contributed by atoms with Crippen LogP contribution >= 0.6 is 11.6 Å². The van der Waals surface area contributed by atoms with Crippen molar-refractivity contribution in [1.82, 2.24) is 10.2 Å². The molecule has 0 aliphatic rings. The molecule has 0 fully saturated rings. The maximum absolute atomic E-state index is 12.8. The van der Waals surface area contributed by atoms with Gasteiger partial charge in [-0.3, -0.25) is 9.59 Å². The van der Waals surface area contributed by atoms with Crippen molar-refractivity contribution in [3.05, 3.63) is 64.7 Å².